The van der Waals surface area contributed by atoms with E-state index in [0.29, 0.717) is 25.6 Å². The Balaban J connectivity index is 2.71. The van der Waals surface area contributed by atoms with Gasteiger partial charge in [0, 0.05) is 26.2 Å². The van der Waals surface area contributed by atoms with Crippen LogP contribution in [0.15, 0.2) is 4.99 Å². The summed E-state index contributed by atoms with van der Waals surface area (Å²) in [6.45, 7) is 8.54. The van der Waals surface area contributed by atoms with Crippen LogP contribution in [0.3, 0.4) is 0 Å². The number of aliphatic imine (C=N–C) groups is 1. The molecule has 1 aliphatic heterocycles. The van der Waals surface area contributed by atoms with E-state index >= 15 is 0 Å². The number of hydrogen-bond donors (Lipinski definition) is 2. The van der Waals surface area contributed by atoms with Gasteiger partial charge in [0.15, 0.2) is 5.96 Å². The summed E-state index contributed by atoms with van der Waals surface area (Å²) in [6, 6.07) is 0. The standard InChI is InChI=1S/C14H26N4O3/c1-5-15-12(19)7-17-14(16-6-2)18-8-10(3)11(9-18)13(20)21-4/h10-11H,5-9H2,1-4H3,(H,15,19)(H,16,17). The van der Waals surface area contributed by atoms with E-state index in [1.165, 1.54) is 7.11 Å². The number of hydrogen-bond acceptors (Lipinski definition) is 4. The number of esters is 1. The van der Waals surface area contributed by atoms with E-state index in [1.807, 2.05) is 25.7 Å². The topological polar surface area (TPSA) is 83.0 Å². The molecule has 7 heteroatoms. The van der Waals surface area contributed by atoms with Gasteiger partial charge in [-0.15, -0.1) is 0 Å². The van der Waals surface area contributed by atoms with Crippen molar-refractivity contribution < 1.29 is 14.3 Å². The number of likely N-dealkylation sites (tertiary alicyclic amines) is 1. The molecule has 0 spiro atoms. The van der Waals surface area contributed by atoms with Gasteiger partial charge in [0.1, 0.15) is 6.54 Å². The average Bonchev–Trinajstić information content (AvgIpc) is 2.84. The van der Waals surface area contributed by atoms with E-state index in [2.05, 4.69) is 15.6 Å². The molecule has 0 radical (unpaired) electrons. The summed E-state index contributed by atoms with van der Waals surface area (Å²) in [7, 11) is 1.41. The Kier molecular flexibility index (Phi) is 6.98. The molecule has 1 amide bonds. The van der Waals surface area contributed by atoms with Crippen LogP contribution in [0, 0.1) is 11.8 Å². The molecule has 2 N–H and O–H groups in total. The summed E-state index contributed by atoms with van der Waals surface area (Å²) in [5.41, 5.74) is 0. The highest BCUT2D eigenvalue weighted by molar-refractivity contribution is 5.86. The zero-order valence-electron chi connectivity index (χ0n) is 13.3. The minimum Gasteiger partial charge on any atom is -0.469 e. The number of likely N-dealkylation sites (N-methyl/N-ethyl adjacent to an activating group) is 1. The number of nitrogens with zero attached hydrogens (tertiary/aromatic N) is 2. The molecule has 2 atom stereocenters. The molecule has 0 aromatic heterocycles. The van der Waals surface area contributed by atoms with Crippen molar-refractivity contribution in [3.05, 3.63) is 0 Å². The summed E-state index contributed by atoms with van der Waals surface area (Å²) in [6.07, 6.45) is 0. The maximum absolute atomic E-state index is 11.7. The van der Waals surface area contributed by atoms with Crippen LogP contribution in [-0.2, 0) is 14.3 Å². The van der Waals surface area contributed by atoms with Crippen molar-refractivity contribution in [1.82, 2.24) is 15.5 Å². The fourth-order valence-corrected chi connectivity index (χ4v) is 2.42. The monoisotopic (exact) mass is 298 g/mol. The number of nitrogens with one attached hydrogen (secondary N) is 2. The van der Waals surface area contributed by atoms with E-state index < -0.39 is 0 Å². The van der Waals surface area contributed by atoms with Gasteiger partial charge in [-0.1, -0.05) is 6.92 Å². The Hall–Kier alpha value is -1.79. The van der Waals surface area contributed by atoms with Gasteiger partial charge in [-0.2, -0.15) is 0 Å². The first kappa shape index (κ1) is 17.3. The third-order valence-corrected chi connectivity index (χ3v) is 3.50. The number of methoxy groups -OCH3 is 1. The first-order valence-electron chi connectivity index (χ1n) is 7.41. The van der Waals surface area contributed by atoms with Crippen molar-refractivity contribution in [2.75, 3.05) is 39.8 Å². The van der Waals surface area contributed by atoms with Crippen LogP contribution in [0.4, 0.5) is 0 Å². The highest BCUT2D eigenvalue weighted by atomic mass is 16.5. The van der Waals surface area contributed by atoms with Gasteiger partial charge >= 0.3 is 5.97 Å². The maximum atomic E-state index is 11.7. The van der Waals surface area contributed by atoms with Gasteiger partial charge in [-0.25, -0.2) is 4.99 Å². The van der Waals surface area contributed by atoms with E-state index in [0.717, 1.165) is 6.54 Å². The van der Waals surface area contributed by atoms with Crippen molar-refractivity contribution >= 4 is 17.8 Å². The highest BCUT2D eigenvalue weighted by Crippen LogP contribution is 2.24. The lowest BCUT2D eigenvalue weighted by atomic mass is 9.99. The molecule has 1 fully saturated rings. The van der Waals surface area contributed by atoms with Gasteiger partial charge in [0.05, 0.1) is 13.0 Å². The minimum absolute atomic E-state index is 0.0872. The average molecular weight is 298 g/mol. The smallest absolute Gasteiger partial charge is 0.310 e. The number of carbonyl (C=O) groups excluding carboxylic acids is 2. The van der Waals surface area contributed by atoms with Crippen LogP contribution in [0.2, 0.25) is 0 Å². The largest absolute Gasteiger partial charge is 0.469 e. The van der Waals surface area contributed by atoms with Crippen LogP contribution in [0.1, 0.15) is 20.8 Å². The molecule has 1 saturated heterocycles. The number of rotatable bonds is 5. The van der Waals surface area contributed by atoms with Crippen LogP contribution in [-0.4, -0.2) is 62.6 Å². The highest BCUT2D eigenvalue weighted by Gasteiger charge is 2.36. The molecule has 0 bridgehead atoms. The maximum Gasteiger partial charge on any atom is 0.310 e. The normalized spacial score (nSPS) is 22.1. The molecule has 2 unspecified atom stereocenters. The molecule has 21 heavy (non-hydrogen) atoms. The van der Waals surface area contributed by atoms with Gasteiger partial charge in [-0.05, 0) is 19.8 Å². The second-order valence-corrected chi connectivity index (χ2v) is 5.14. The Morgan fingerprint density at radius 1 is 1.24 bits per heavy atom. The van der Waals surface area contributed by atoms with Crippen LogP contribution >= 0.6 is 0 Å². The zero-order chi connectivity index (χ0) is 15.8. The lowest BCUT2D eigenvalue weighted by Crippen LogP contribution is -2.41. The Labute approximate surface area is 126 Å². The third-order valence-electron chi connectivity index (χ3n) is 3.50. The quantitative estimate of drug-likeness (QED) is 0.418. The summed E-state index contributed by atoms with van der Waals surface area (Å²) >= 11 is 0. The molecule has 0 saturated carbocycles. The number of carbonyl (C=O) groups is 2. The number of guanidine groups is 1. The van der Waals surface area contributed by atoms with E-state index in [-0.39, 0.29) is 30.3 Å². The van der Waals surface area contributed by atoms with Gasteiger partial charge < -0.3 is 20.3 Å². The zero-order valence-corrected chi connectivity index (χ0v) is 13.3. The van der Waals surface area contributed by atoms with Crippen molar-refractivity contribution in [2.24, 2.45) is 16.8 Å². The van der Waals surface area contributed by atoms with E-state index in [1.54, 1.807) is 0 Å². The fourth-order valence-electron chi connectivity index (χ4n) is 2.42. The van der Waals surface area contributed by atoms with E-state index in [9.17, 15) is 9.59 Å². The second kappa shape index (κ2) is 8.49. The summed E-state index contributed by atoms with van der Waals surface area (Å²) in [5, 5.41) is 5.88. The molecular formula is C14H26N4O3. The summed E-state index contributed by atoms with van der Waals surface area (Å²) in [5.74, 6) is 0.422. The predicted molar refractivity (Wildman–Crippen MR) is 80.9 cm³/mol. The summed E-state index contributed by atoms with van der Waals surface area (Å²) < 4.78 is 4.83. The first-order chi connectivity index (χ1) is 10.0. The van der Waals surface area contributed by atoms with Crippen molar-refractivity contribution in [1.29, 1.82) is 0 Å². The molecule has 0 aromatic carbocycles. The van der Waals surface area contributed by atoms with Gasteiger partial charge in [0.25, 0.3) is 0 Å². The third kappa shape index (κ3) is 4.91. The second-order valence-electron chi connectivity index (χ2n) is 5.14. The SMILES string of the molecule is CCNC(=O)CN=C(NCC)N1CC(C)C(C(=O)OC)C1. The van der Waals surface area contributed by atoms with Crippen molar-refractivity contribution in [3.8, 4) is 0 Å². The Morgan fingerprint density at radius 2 is 1.90 bits per heavy atom. The van der Waals surface area contributed by atoms with Crippen LogP contribution < -0.4 is 10.6 Å². The van der Waals surface area contributed by atoms with Crippen LogP contribution in [0.5, 0.6) is 0 Å². The first-order valence-corrected chi connectivity index (χ1v) is 7.41. The Bertz CT molecular complexity index is 398. The van der Waals surface area contributed by atoms with Gasteiger partial charge in [0.2, 0.25) is 5.91 Å². The predicted octanol–water partition coefficient (Wildman–Crippen LogP) is -0.171. The molecule has 1 heterocycles. The van der Waals surface area contributed by atoms with Crippen molar-refractivity contribution in [3.63, 3.8) is 0 Å². The molecular weight excluding hydrogens is 272 g/mol. The fraction of sp³-hybridized carbons (Fsp3) is 0.786. The molecule has 120 valence electrons. The molecule has 0 aliphatic carbocycles. The van der Waals surface area contributed by atoms with Crippen LogP contribution in [0.25, 0.3) is 0 Å². The van der Waals surface area contributed by atoms with Crippen molar-refractivity contribution in [2.45, 2.75) is 20.8 Å². The molecule has 1 rings (SSSR count). The molecule has 0 aromatic rings. The molecule has 1 aliphatic rings. The Morgan fingerprint density at radius 3 is 2.48 bits per heavy atom. The van der Waals surface area contributed by atoms with E-state index in [4.69, 9.17) is 4.74 Å². The number of ether oxygens (including phenoxy) is 1. The lowest BCUT2D eigenvalue weighted by Gasteiger charge is -2.21. The molecule has 7 nitrogen and oxygen atoms in total. The van der Waals surface area contributed by atoms with Gasteiger partial charge in [-0.3, -0.25) is 9.59 Å². The lowest BCUT2D eigenvalue weighted by molar-refractivity contribution is -0.146. The number of amides is 1. The summed E-state index contributed by atoms with van der Waals surface area (Å²) in [4.78, 5) is 29.6. The minimum atomic E-state index is -0.190.